The van der Waals surface area contributed by atoms with Gasteiger partial charge in [0.15, 0.2) is 0 Å². The van der Waals surface area contributed by atoms with Gasteiger partial charge in [0.25, 0.3) is 0 Å². The van der Waals surface area contributed by atoms with Gasteiger partial charge in [-0.3, -0.25) is 4.90 Å². The standard InChI is InChI=1S/C21H26N2S/c1-17-7-5-10-19(15-17)21(24)22-16-20-11-6-13-23(20)14-12-18-8-3-2-4-9-18/h2-5,7-10,15,20H,6,11-14,16H2,1H3,(H,22,24)/t20-/m0/s1. The summed E-state index contributed by atoms with van der Waals surface area (Å²) in [6.45, 7) is 5.39. The van der Waals surface area contributed by atoms with Gasteiger partial charge in [0, 0.05) is 24.7 Å². The Morgan fingerprint density at radius 2 is 2.00 bits per heavy atom. The van der Waals surface area contributed by atoms with Gasteiger partial charge >= 0.3 is 0 Å². The number of thiocarbonyl (C=S) groups is 1. The molecule has 24 heavy (non-hydrogen) atoms. The molecule has 126 valence electrons. The van der Waals surface area contributed by atoms with Gasteiger partial charge in [0.05, 0.1) is 0 Å². The molecule has 2 nitrogen and oxygen atoms in total. The smallest absolute Gasteiger partial charge is 0.106 e. The van der Waals surface area contributed by atoms with Crippen molar-refractivity contribution < 1.29 is 0 Å². The fraction of sp³-hybridized carbons (Fsp3) is 0.381. The maximum atomic E-state index is 5.56. The molecule has 0 radical (unpaired) electrons. The first-order valence-corrected chi connectivity index (χ1v) is 9.26. The van der Waals surface area contributed by atoms with E-state index >= 15 is 0 Å². The third kappa shape index (κ3) is 4.65. The van der Waals surface area contributed by atoms with Gasteiger partial charge in [-0.05, 0) is 44.4 Å². The minimum Gasteiger partial charge on any atom is -0.374 e. The van der Waals surface area contributed by atoms with Crippen LogP contribution in [0.3, 0.4) is 0 Å². The SMILES string of the molecule is Cc1cccc(C(=S)NC[C@@H]2CCCN2CCc2ccccc2)c1. The van der Waals surface area contributed by atoms with E-state index in [1.54, 1.807) is 0 Å². The Kier molecular flexibility index (Phi) is 6.00. The van der Waals surface area contributed by atoms with E-state index in [0.717, 1.165) is 30.1 Å². The van der Waals surface area contributed by atoms with Crippen LogP contribution in [0.15, 0.2) is 54.6 Å². The minimum absolute atomic E-state index is 0.594. The van der Waals surface area contributed by atoms with Gasteiger partial charge in [-0.1, -0.05) is 66.3 Å². The summed E-state index contributed by atoms with van der Waals surface area (Å²) in [4.78, 5) is 3.48. The van der Waals surface area contributed by atoms with E-state index in [1.165, 1.54) is 30.5 Å². The number of benzene rings is 2. The Morgan fingerprint density at radius 1 is 1.17 bits per heavy atom. The number of nitrogens with zero attached hydrogens (tertiary/aromatic N) is 1. The molecule has 2 aromatic carbocycles. The monoisotopic (exact) mass is 338 g/mol. The zero-order valence-corrected chi connectivity index (χ0v) is 15.2. The van der Waals surface area contributed by atoms with E-state index < -0.39 is 0 Å². The number of hydrogen-bond acceptors (Lipinski definition) is 2. The maximum Gasteiger partial charge on any atom is 0.106 e. The van der Waals surface area contributed by atoms with Gasteiger partial charge in [0.1, 0.15) is 4.99 Å². The first kappa shape index (κ1) is 17.1. The Hall–Kier alpha value is -1.71. The molecular weight excluding hydrogens is 312 g/mol. The van der Waals surface area contributed by atoms with Gasteiger partial charge in [-0.2, -0.15) is 0 Å². The van der Waals surface area contributed by atoms with E-state index in [9.17, 15) is 0 Å². The number of aryl methyl sites for hydroxylation is 1. The summed E-state index contributed by atoms with van der Waals surface area (Å²) < 4.78 is 0. The predicted molar refractivity (Wildman–Crippen MR) is 106 cm³/mol. The van der Waals surface area contributed by atoms with Crippen LogP contribution in [-0.4, -0.2) is 35.6 Å². The van der Waals surface area contributed by atoms with Gasteiger partial charge in [-0.25, -0.2) is 0 Å². The van der Waals surface area contributed by atoms with Gasteiger partial charge in [0.2, 0.25) is 0 Å². The van der Waals surface area contributed by atoms with E-state index in [4.69, 9.17) is 12.2 Å². The molecule has 1 heterocycles. The molecule has 0 unspecified atom stereocenters. The van der Waals surface area contributed by atoms with Crippen LogP contribution in [0.4, 0.5) is 0 Å². The first-order chi connectivity index (χ1) is 11.7. The summed E-state index contributed by atoms with van der Waals surface area (Å²) in [7, 11) is 0. The summed E-state index contributed by atoms with van der Waals surface area (Å²) in [5.74, 6) is 0. The van der Waals surface area contributed by atoms with Crippen molar-refractivity contribution in [2.45, 2.75) is 32.2 Å². The van der Waals surface area contributed by atoms with Crippen LogP contribution in [0.1, 0.15) is 29.5 Å². The Morgan fingerprint density at radius 3 is 2.79 bits per heavy atom. The van der Waals surface area contributed by atoms with Crippen molar-refractivity contribution in [3.8, 4) is 0 Å². The van der Waals surface area contributed by atoms with Crippen molar-refractivity contribution in [1.82, 2.24) is 10.2 Å². The lowest BCUT2D eigenvalue weighted by molar-refractivity contribution is 0.257. The summed E-state index contributed by atoms with van der Waals surface area (Å²) in [5, 5.41) is 3.49. The molecule has 3 heteroatoms. The third-order valence-electron chi connectivity index (χ3n) is 4.81. The van der Waals surface area contributed by atoms with Crippen LogP contribution in [0.2, 0.25) is 0 Å². The Bertz CT molecular complexity index is 669. The molecule has 0 spiro atoms. The van der Waals surface area contributed by atoms with Crippen molar-refractivity contribution in [2.75, 3.05) is 19.6 Å². The molecule has 0 aromatic heterocycles. The lowest BCUT2D eigenvalue weighted by atomic mass is 10.1. The van der Waals surface area contributed by atoms with Crippen molar-refractivity contribution >= 4 is 17.2 Å². The van der Waals surface area contributed by atoms with Crippen molar-refractivity contribution in [2.24, 2.45) is 0 Å². The van der Waals surface area contributed by atoms with Crippen molar-refractivity contribution in [3.05, 3.63) is 71.3 Å². The van der Waals surface area contributed by atoms with Crippen LogP contribution in [0.5, 0.6) is 0 Å². The zero-order valence-electron chi connectivity index (χ0n) is 14.4. The highest BCUT2D eigenvalue weighted by molar-refractivity contribution is 7.80. The molecule has 0 bridgehead atoms. The highest BCUT2D eigenvalue weighted by Crippen LogP contribution is 2.17. The Balaban J connectivity index is 1.50. The summed E-state index contributed by atoms with van der Waals surface area (Å²) in [6, 6.07) is 19.8. The lowest BCUT2D eigenvalue weighted by Gasteiger charge is -2.25. The number of nitrogens with one attached hydrogen (secondary N) is 1. The molecule has 1 saturated heterocycles. The first-order valence-electron chi connectivity index (χ1n) is 8.85. The summed E-state index contributed by atoms with van der Waals surface area (Å²) >= 11 is 5.56. The fourth-order valence-electron chi connectivity index (χ4n) is 3.44. The normalized spacial score (nSPS) is 17.8. The van der Waals surface area contributed by atoms with Gasteiger partial charge in [-0.15, -0.1) is 0 Å². The molecule has 2 aromatic rings. The Labute approximate surface area is 150 Å². The summed E-state index contributed by atoms with van der Waals surface area (Å²) in [5.41, 5.74) is 3.80. The molecule has 1 aliphatic heterocycles. The van der Waals surface area contributed by atoms with Crippen molar-refractivity contribution in [1.29, 1.82) is 0 Å². The highest BCUT2D eigenvalue weighted by Gasteiger charge is 2.24. The molecule has 1 atom stereocenters. The van der Waals surface area contributed by atoms with Gasteiger partial charge < -0.3 is 5.32 Å². The molecule has 1 aliphatic rings. The second kappa shape index (κ2) is 8.41. The third-order valence-corrected chi connectivity index (χ3v) is 5.19. The minimum atomic E-state index is 0.594. The van der Waals surface area contributed by atoms with Crippen LogP contribution < -0.4 is 5.32 Å². The lowest BCUT2D eigenvalue weighted by Crippen LogP contribution is -2.40. The predicted octanol–water partition coefficient (Wildman–Crippen LogP) is 3.97. The summed E-state index contributed by atoms with van der Waals surface area (Å²) in [6.07, 6.45) is 3.68. The van der Waals surface area contributed by atoms with E-state index in [0.29, 0.717) is 6.04 Å². The number of likely N-dealkylation sites (tertiary alicyclic amines) is 1. The average molecular weight is 339 g/mol. The van der Waals surface area contributed by atoms with Crippen molar-refractivity contribution in [3.63, 3.8) is 0 Å². The van der Waals surface area contributed by atoms with E-state index in [2.05, 4.69) is 71.7 Å². The molecule has 0 saturated carbocycles. The van der Waals surface area contributed by atoms with Crippen LogP contribution in [0, 0.1) is 6.92 Å². The fourth-order valence-corrected chi connectivity index (χ4v) is 3.65. The number of rotatable bonds is 6. The number of hydrogen-bond donors (Lipinski definition) is 1. The molecule has 1 N–H and O–H groups in total. The van der Waals surface area contributed by atoms with Crippen LogP contribution in [-0.2, 0) is 6.42 Å². The largest absolute Gasteiger partial charge is 0.374 e. The quantitative estimate of drug-likeness (QED) is 0.803. The molecule has 3 rings (SSSR count). The second-order valence-corrected chi connectivity index (χ2v) is 7.06. The topological polar surface area (TPSA) is 15.3 Å². The molecule has 0 aliphatic carbocycles. The van der Waals surface area contributed by atoms with Crippen LogP contribution >= 0.6 is 12.2 Å². The van der Waals surface area contributed by atoms with Crippen LogP contribution in [0.25, 0.3) is 0 Å². The molecular formula is C21H26N2S. The molecule has 0 amide bonds. The average Bonchev–Trinajstić information content (AvgIpc) is 3.06. The zero-order chi connectivity index (χ0) is 16.8. The molecule has 1 fully saturated rings. The maximum absolute atomic E-state index is 5.56. The second-order valence-electron chi connectivity index (χ2n) is 6.65. The highest BCUT2D eigenvalue weighted by atomic mass is 32.1. The van der Waals surface area contributed by atoms with E-state index in [1.807, 2.05) is 0 Å². The van der Waals surface area contributed by atoms with E-state index in [-0.39, 0.29) is 0 Å².